The van der Waals surface area contributed by atoms with E-state index in [9.17, 15) is 18.0 Å². The fourth-order valence-electron chi connectivity index (χ4n) is 3.28. The van der Waals surface area contributed by atoms with Crippen molar-refractivity contribution >= 4 is 23.5 Å². The summed E-state index contributed by atoms with van der Waals surface area (Å²) in [5.74, 6) is -0.0151. The van der Waals surface area contributed by atoms with Crippen LogP contribution in [0.3, 0.4) is 0 Å². The fourth-order valence-corrected chi connectivity index (χ4v) is 3.47. The van der Waals surface area contributed by atoms with Gasteiger partial charge in [-0.1, -0.05) is 35.9 Å². The van der Waals surface area contributed by atoms with Crippen LogP contribution in [-0.2, 0) is 22.3 Å². The Labute approximate surface area is 183 Å². The summed E-state index contributed by atoms with van der Waals surface area (Å²) in [4.78, 5) is 18.7. The van der Waals surface area contributed by atoms with Gasteiger partial charge in [-0.25, -0.2) is 9.79 Å². The maximum absolute atomic E-state index is 12.8. The Morgan fingerprint density at radius 2 is 1.90 bits per heavy atom. The summed E-state index contributed by atoms with van der Waals surface area (Å²) in [6.45, 7) is 1.94. The molecule has 0 bridgehead atoms. The third-order valence-corrected chi connectivity index (χ3v) is 5.29. The van der Waals surface area contributed by atoms with Crippen molar-refractivity contribution in [2.24, 2.45) is 4.99 Å². The van der Waals surface area contributed by atoms with Gasteiger partial charge in [0.1, 0.15) is 0 Å². The zero-order valence-corrected chi connectivity index (χ0v) is 17.9. The van der Waals surface area contributed by atoms with Gasteiger partial charge in [0, 0.05) is 17.8 Å². The number of ether oxygens (including phenoxy) is 1. The Hall–Kier alpha value is -3.00. The van der Waals surface area contributed by atoms with Crippen LogP contribution in [0.25, 0.3) is 0 Å². The van der Waals surface area contributed by atoms with Crippen LogP contribution in [0.1, 0.15) is 29.7 Å². The molecule has 1 atom stereocenters. The number of rotatable bonds is 4. The van der Waals surface area contributed by atoms with Gasteiger partial charge in [-0.3, -0.25) is 0 Å². The van der Waals surface area contributed by atoms with Crippen LogP contribution in [0.4, 0.5) is 13.2 Å². The number of nitrogens with zero attached hydrogens (tertiary/aromatic N) is 2. The normalized spacial score (nSPS) is 18.2. The van der Waals surface area contributed by atoms with E-state index in [4.69, 9.17) is 16.3 Å². The van der Waals surface area contributed by atoms with Crippen molar-refractivity contribution in [1.29, 1.82) is 0 Å². The Morgan fingerprint density at radius 3 is 2.48 bits per heavy atom. The van der Waals surface area contributed by atoms with Crippen LogP contribution in [0.5, 0.6) is 0 Å². The van der Waals surface area contributed by atoms with Crippen molar-refractivity contribution in [3.8, 4) is 0 Å². The largest absolute Gasteiger partial charge is 0.466 e. The first-order valence-electron chi connectivity index (χ1n) is 9.37. The smallest absolute Gasteiger partial charge is 0.416 e. The molecule has 164 valence electrons. The lowest BCUT2D eigenvalue weighted by atomic mass is 9.95. The van der Waals surface area contributed by atoms with E-state index < -0.39 is 23.8 Å². The number of halogens is 4. The number of guanidine groups is 1. The van der Waals surface area contributed by atoms with Gasteiger partial charge in [-0.15, -0.1) is 0 Å². The average Bonchev–Trinajstić information content (AvgIpc) is 2.73. The second-order valence-electron chi connectivity index (χ2n) is 7.02. The summed E-state index contributed by atoms with van der Waals surface area (Å²) in [6.07, 6.45) is -4.38. The van der Waals surface area contributed by atoms with Crippen molar-refractivity contribution in [2.75, 3.05) is 14.2 Å². The molecule has 3 rings (SSSR count). The van der Waals surface area contributed by atoms with E-state index in [1.54, 1.807) is 37.1 Å². The highest BCUT2D eigenvalue weighted by Crippen LogP contribution is 2.32. The molecule has 0 spiro atoms. The number of aliphatic imine (C=N–C) groups is 1. The summed E-state index contributed by atoms with van der Waals surface area (Å²) >= 11 is 6.13. The molecule has 9 heteroatoms. The highest BCUT2D eigenvalue weighted by atomic mass is 35.5. The molecular weight excluding hydrogens is 431 g/mol. The lowest BCUT2D eigenvalue weighted by Gasteiger charge is -2.36. The third kappa shape index (κ3) is 5.02. The number of alkyl halides is 3. The van der Waals surface area contributed by atoms with Crippen LogP contribution in [-0.4, -0.2) is 31.0 Å². The van der Waals surface area contributed by atoms with Crippen LogP contribution in [0, 0.1) is 0 Å². The van der Waals surface area contributed by atoms with Gasteiger partial charge < -0.3 is 15.0 Å². The minimum absolute atomic E-state index is 0.161. The number of benzene rings is 2. The molecule has 31 heavy (non-hydrogen) atoms. The fraction of sp³-hybridized carbons (Fsp3) is 0.273. The van der Waals surface area contributed by atoms with E-state index in [1.165, 1.54) is 19.2 Å². The standard InChI is InChI=1S/C22H21ClF3N3O2/c1-13-18(20(30)31-3)19(15-5-4-6-17(23)11-15)28-21(29(13)2)27-12-14-7-9-16(10-8-14)22(24,25)26/h4-11,19H,12H2,1-3H3,(H,27,28). The first kappa shape index (κ1) is 22.7. The highest BCUT2D eigenvalue weighted by molar-refractivity contribution is 6.30. The van der Waals surface area contributed by atoms with Gasteiger partial charge >= 0.3 is 12.1 Å². The summed E-state index contributed by atoms with van der Waals surface area (Å²) in [6, 6.07) is 11.4. The molecule has 0 amide bonds. The van der Waals surface area contributed by atoms with Crippen molar-refractivity contribution in [3.63, 3.8) is 0 Å². The Balaban J connectivity index is 1.93. The quantitative estimate of drug-likeness (QED) is 0.669. The minimum Gasteiger partial charge on any atom is -0.466 e. The molecule has 2 aromatic rings. The second-order valence-corrected chi connectivity index (χ2v) is 7.45. The van der Waals surface area contributed by atoms with E-state index in [-0.39, 0.29) is 6.54 Å². The number of hydrogen-bond donors (Lipinski definition) is 1. The second kappa shape index (κ2) is 9.01. The molecule has 1 N–H and O–H groups in total. The number of esters is 1. The number of hydrogen-bond acceptors (Lipinski definition) is 3. The zero-order valence-electron chi connectivity index (χ0n) is 17.1. The minimum atomic E-state index is -4.38. The third-order valence-electron chi connectivity index (χ3n) is 5.05. The van der Waals surface area contributed by atoms with Crippen molar-refractivity contribution in [3.05, 3.63) is 81.5 Å². The lowest BCUT2D eigenvalue weighted by molar-refractivity contribution is -0.138. The Morgan fingerprint density at radius 1 is 1.23 bits per heavy atom. The predicted octanol–water partition coefficient (Wildman–Crippen LogP) is 4.94. The maximum atomic E-state index is 12.8. The Bertz CT molecular complexity index is 1030. The number of nitrogens with one attached hydrogen (secondary N) is 1. The number of carbonyl (C=O) groups is 1. The van der Waals surface area contributed by atoms with Crippen molar-refractivity contribution in [2.45, 2.75) is 25.7 Å². The van der Waals surface area contributed by atoms with Gasteiger partial charge in [0.2, 0.25) is 0 Å². The Kier molecular flexibility index (Phi) is 6.59. The van der Waals surface area contributed by atoms with Crippen molar-refractivity contribution < 1.29 is 22.7 Å². The average molecular weight is 452 g/mol. The van der Waals surface area contributed by atoms with Gasteiger partial charge in [-0.2, -0.15) is 13.2 Å². The molecule has 0 radical (unpaired) electrons. The molecule has 0 fully saturated rings. The summed E-state index contributed by atoms with van der Waals surface area (Å²) in [7, 11) is 3.05. The summed E-state index contributed by atoms with van der Waals surface area (Å²) < 4.78 is 43.2. The molecule has 0 saturated heterocycles. The maximum Gasteiger partial charge on any atom is 0.416 e. The van der Waals surface area contributed by atoms with Gasteiger partial charge in [0.25, 0.3) is 0 Å². The first-order valence-corrected chi connectivity index (χ1v) is 9.75. The van der Waals surface area contributed by atoms with Gasteiger partial charge in [-0.05, 0) is 42.3 Å². The van der Waals surface area contributed by atoms with E-state index in [2.05, 4.69) is 10.3 Å². The predicted molar refractivity (Wildman–Crippen MR) is 112 cm³/mol. The van der Waals surface area contributed by atoms with Crippen LogP contribution in [0.2, 0.25) is 5.02 Å². The molecule has 5 nitrogen and oxygen atoms in total. The van der Waals surface area contributed by atoms with E-state index in [0.29, 0.717) is 27.8 Å². The molecule has 0 saturated carbocycles. The zero-order chi connectivity index (χ0) is 22.8. The highest BCUT2D eigenvalue weighted by Gasteiger charge is 2.34. The van der Waals surface area contributed by atoms with Crippen LogP contribution < -0.4 is 5.32 Å². The first-order chi connectivity index (χ1) is 14.6. The number of methoxy groups -OCH3 is 1. The molecule has 0 aliphatic carbocycles. The lowest BCUT2D eigenvalue weighted by Crippen LogP contribution is -2.47. The van der Waals surface area contributed by atoms with E-state index >= 15 is 0 Å². The van der Waals surface area contributed by atoms with Gasteiger partial charge in [0.15, 0.2) is 5.96 Å². The topological polar surface area (TPSA) is 53.9 Å². The molecule has 1 aliphatic rings. The molecule has 1 aliphatic heterocycles. The monoisotopic (exact) mass is 451 g/mol. The SMILES string of the molecule is COC(=O)C1=C(C)N(C)C(=NCc2ccc(C(F)(F)F)cc2)NC1c1cccc(Cl)c1. The number of allylic oxidation sites excluding steroid dienone is 1. The van der Waals surface area contributed by atoms with Crippen molar-refractivity contribution in [1.82, 2.24) is 10.2 Å². The van der Waals surface area contributed by atoms with Gasteiger partial charge in [0.05, 0.1) is 30.8 Å². The molecule has 1 heterocycles. The van der Waals surface area contributed by atoms with Crippen LogP contribution >= 0.6 is 11.6 Å². The number of carbonyl (C=O) groups excluding carboxylic acids is 1. The van der Waals surface area contributed by atoms with E-state index in [0.717, 1.165) is 17.7 Å². The van der Waals surface area contributed by atoms with E-state index in [1.807, 2.05) is 6.07 Å². The summed E-state index contributed by atoms with van der Waals surface area (Å²) in [5, 5.41) is 3.74. The molecule has 2 aromatic carbocycles. The summed E-state index contributed by atoms with van der Waals surface area (Å²) in [5.41, 5.74) is 1.72. The van der Waals surface area contributed by atoms with Crippen LogP contribution in [0.15, 0.2) is 64.8 Å². The molecular formula is C22H21ClF3N3O2. The molecule has 1 unspecified atom stereocenters. The molecule has 0 aromatic heterocycles.